The molecule has 9 heteroatoms. The van der Waals surface area contributed by atoms with Gasteiger partial charge in [0, 0.05) is 17.9 Å². The first-order valence-electron chi connectivity index (χ1n) is 8.94. The third-order valence-corrected chi connectivity index (χ3v) is 3.65. The van der Waals surface area contributed by atoms with Crippen LogP contribution in [0, 0.1) is 0 Å². The van der Waals surface area contributed by atoms with Crippen molar-refractivity contribution in [3.8, 4) is 11.4 Å². The minimum absolute atomic E-state index is 0.110. The number of ether oxygens (including phenoxy) is 1. The molecule has 2 rings (SSSR count). The van der Waals surface area contributed by atoms with Crippen LogP contribution in [0.1, 0.15) is 51.9 Å². The Hall–Kier alpha value is -3.10. The Morgan fingerprint density at radius 2 is 1.64 bits per heavy atom. The molecule has 9 nitrogen and oxygen atoms in total. The van der Waals surface area contributed by atoms with Crippen LogP contribution in [0.5, 0.6) is 0 Å². The lowest BCUT2D eigenvalue weighted by Crippen LogP contribution is -2.44. The summed E-state index contributed by atoms with van der Waals surface area (Å²) in [4.78, 5) is 23.3. The van der Waals surface area contributed by atoms with E-state index in [-0.39, 0.29) is 12.3 Å². The summed E-state index contributed by atoms with van der Waals surface area (Å²) in [6, 6.07) is 5.92. The maximum Gasteiger partial charge on any atom is 0.408 e. The van der Waals surface area contributed by atoms with Gasteiger partial charge in [-0.25, -0.2) is 9.59 Å². The van der Waals surface area contributed by atoms with Gasteiger partial charge in [-0.2, -0.15) is 0 Å². The van der Waals surface area contributed by atoms with Crippen LogP contribution in [0.15, 0.2) is 24.3 Å². The predicted molar refractivity (Wildman–Crippen MR) is 102 cm³/mol. The molecular weight excluding hydrogens is 362 g/mol. The SMILES string of the molecule is CC(C)c1nnc(-c2ccc(C[C@H](NC(=O)OC(C)(C)C)C(=O)O)cc2)nn1. The summed E-state index contributed by atoms with van der Waals surface area (Å²) in [7, 11) is 0. The average molecular weight is 387 g/mol. The fraction of sp³-hybridized carbons (Fsp3) is 0.474. The van der Waals surface area contributed by atoms with E-state index in [1.54, 1.807) is 45.0 Å². The highest BCUT2D eigenvalue weighted by Crippen LogP contribution is 2.16. The number of hydrogen-bond donors (Lipinski definition) is 2. The van der Waals surface area contributed by atoms with Gasteiger partial charge in [-0.3, -0.25) is 0 Å². The second-order valence-electron chi connectivity index (χ2n) is 7.67. The molecule has 1 aromatic heterocycles. The van der Waals surface area contributed by atoms with Crippen LogP contribution in [0.25, 0.3) is 11.4 Å². The second-order valence-corrected chi connectivity index (χ2v) is 7.67. The molecule has 2 aromatic rings. The van der Waals surface area contributed by atoms with Crippen molar-refractivity contribution >= 4 is 12.1 Å². The summed E-state index contributed by atoms with van der Waals surface area (Å²) >= 11 is 0. The van der Waals surface area contributed by atoms with Crippen molar-refractivity contribution in [1.82, 2.24) is 25.7 Å². The van der Waals surface area contributed by atoms with Gasteiger partial charge in [0.25, 0.3) is 0 Å². The van der Waals surface area contributed by atoms with Crippen molar-refractivity contribution in [3.63, 3.8) is 0 Å². The quantitative estimate of drug-likeness (QED) is 0.774. The van der Waals surface area contributed by atoms with Crippen molar-refractivity contribution in [3.05, 3.63) is 35.7 Å². The minimum Gasteiger partial charge on any atom is -0.480 e. The van der Waals surface area contributed by atoms with Crippen molar-refractivity contribution in [1.29, 1.82) is 0 Å². The zero-order valence-electron chi connectivity index (χ0n) is 16.6. The first kappa shape index (κ1) is 21.2. The van der Waals surface area contributed by atoms with Crippen LogP contribution < -0.4 is 5.32 Å². The number of carbonyl (C=O) groups excluding carboxylic acids is 1. The topological polar surface area (TPSA) is 127 Å². The number of aromatic nitrogens is 4. The zero-order chi connectivity index (χ0) is 20.9. The van der Waals surface area contributed by atoms with Gasteiger partial charge in [0.15, 0.2) is 5.82 Å². The smallest absolute Gasteiger partial charge is 0.408 e. The Labute approximate surface area is 163 Å². The Balaban J connectivity index is 2.06. The van der Waals surface area contributed by atoms with E-state index in [2.05, 4.69) is 25.7 Å². The Morgan fingerprint density at radius 1 is 1.07 bits per heavy atom. The van der Waals surface area contributed by atoms with Crippen LogP contribution in [0.3, 0.4) is 0 Å². The number of benzene rings is 1. The summed E-state index contributed by atoms with van der Waals surface area (Å²) in [5.74, 6) is -0.0479. The number of nitrogens with zero attached hydrogens (tertiary/aromatic N) is 4. The maximum absolute atomic E-state index is 11.9. The first-order chi connectivity index (χ1) is 13.0. The molecule has 0 aliphatic heterocycles. The number of nitrogens with one attached hydrogen (secondary N) is 1. The molecule has 0 saturated heterocycles. The zero-order valence-corrected chi connectivity index (χ0v) is 16.6. The largest absolute Gasteiger partial charge is 0.480 e. The van der Waals surface area contributed by atoms with Crippen molar-refractivity contribution < 1.29 is 19.4 Å². The van der Waals surface area contributed by atoms with Gasteiger partial charge >= 0.3 is 12.1 Å². The number of carboxylic acids is 1. The summed E-state index contributed by atoms with van der Waals surface area (Å²) < 4.78 is 5.12. The lowest BCUT2D eigenvalue weighted by molar-refractivity contribution is -0.139. The number of aliphatic carboxylic acids is 1. The van der Waals surface area contributed by atoms with Gasteiger partial charge < -0.3 is 15.2 Å². The summed E-state index contributed by atoms with van der Waals surface area (Å²) in [6.07, 6.45) is -0.661. The standard InChI is InChI=1S/C19H25N5O4/c1-11(2)15-21-23-16(24-22-15)13-8-6-12(7-9-13)10-14(17(25)26)20-18(27)28-19(3,4)5/h6-9,11,14H,10H2,1-5H3,(H,20,27)(H,25,26)/t14-/m0/s1. The third-order valence-electron chi connectivity index (χ3n) is 3.65. The second kappa shape index (κ2) is 8.73. The Bertz CT molecular complexity index is 814. The van der Waals surface area contributed by atoms with Gasteiger partial charge in [-0.05, 0) is 26.3 Å². The summed E-state index contributed by atoms with van der Waals surface area (Å²) in [6.45, 7) is 9.04. The molecule has 2 N–H and O–H groups in total. The van der Waals surface area contributed by atoms with Crippen LogP contribution >= 0.6 is 0 Å². The van der Waals surface area contributed by atoms with Crippen LogP contribution in [0.4, 0.5) is 4.79 Å². The summed E-state index contributed by atoms with van der Waals surface area (Å²) in [5.41, 5.74) is 0.736. The molecule has 1 amide bonds. The highest BCUT2D eigenvalue weighted by Gasteiger charge is 2.24. The van der Waals surface area contributed by atoms with Crippen molar-refractivity contribution in [2.45, 2.75) is 58.6 Å². The molecule has 0 aliphatic carbocycles. The van der Waals surface area contributed by atoms with Crippen LogP contribution in [-0.2, 0) is 16.0 Å². The van der Waals surface area contributed by atoms with Gasteiger partial charge in [0.1, 0.15) is 11.6 Å². The molecule has 1 atom stereocenters. The van der Waals surface area contributed by atoms with Crippen LogP contribution in [-0.4, -0.2) is 49.2 Å². The number of hydrogen-bond acceptors (Lipinski definition) is 7. The molecule has 1 aromatic carbocycles. The number of amides is 1. The molecule has 0 bridgehead atoms. The average Bonchev–Trinajstić information content (AvgIpc) is 2.60. The molecule has 0 unspecified atom stereocenters. The van der Waals surface area contributed by atoms with Gasteiger partial charge in [-0.1, -0.05) is 38.1 Å². The van der Waals surface area contributed by atoms with Crippen LogP contribution in [0.2, 0.25) is 0 Å². The molecule has 0 spiro atoms. The van der Waals surface area contributed by atoms with E-state index in [1.807, 2.05) is 13.8 Å². The fourth-order valence-corrected chi connectivity index (χ4v) is 2.26. The van der Waals surface area contributed by atoms with E-state index in [0.717, 1.165) is 5.56 Å². The molecule has 0 radical (unpaired) electrons. The highest BCUT2D eigenvalue weighted by molar-refractivity contribution is 5.80. The molecule has 0 saturated carbocycles. The molecule has 150 valence electrons. The molecule has 1 heterocycles. The molecule has 0 aliphatic rings. The van der Waals surface area contributed by atoms with E-state index in [0.29, 0.717) is 17.2 Å². The van der Waals surface area contributed by atoms with Crippen molar-refractivity contribution in [2.24, 2.45) is 0 Å². The summed E-state index contributed by atoms with van der Waals surface area (Å²) in [5, 5.41) is 28.0. The van der Waals surface area contributed by atoms with Gasteiger partial charge in [0.05, 0.1) is 0 Å². The lowest BCUT2D eigenvalue weighted by atomic mass is 10.0. The van der Waals surface area contributed by atoms with E-state index in [4.69, 9.17) is 4.74 Å². The Morgan fingerprint density at radius 3 is 2.11 bits per heavy atom. The molecule has 28 heavy (non-hydrogen) atoms. The van der Waals surface area contributed by atoms with Crippen molar-refractivity contribution in [2.75, 3.05) is 0 Å². The normalized spacial score (nSPS) is 12.5. The van der Waals surface area contributed by atoms with E-state index >= 15 is 0 Å². The number of carboxylic acid groups (broad SMARTS) is 1. The lowest BCUT2D eigenvalue weighted by Gasteiger charge is -2.22. The maximum atomic E-state index is 11.9. The Kier molecular flexibility index (Phi) is 6.61. The molecule has 0 fully saturated rings. The number of rotatable bonds is 6. The van der Waals surface area contributed by atoms with E-state index < -0.39 is 23.7 Å². The highest BCUT2D eigenvalue weighted by atomic mass is 16.6. The number of carbonyl (C=O) groups is 2. The van der Waals surface area contributed by atoms with E-state index in [1.165, 1.54) is 0 Å². The third kappa shape index (κ3) is 6.26. The first-order valence-corrected chi connectivity index (χ1v) is 8.94. The predicted octanol–water partition coefficient (Wildman–Crippen LogP) is 2.58. The minimum atomic E-state index is -1.14. The van der Waals surface area contributed by atoms with Gasteiger partial charge in [-0.15, -0.1) is 20.4 Å². The fourth-order valence-electron chi connectivity index (χ4n) is 2.26. The van der Waals surface area contributed by atoms with E-state index in [9.17, 15) is 14.7 Å². The van der Waals surface area contributed by atoms with Gasteiger partial charge in [0.2, 0.25) is 5.82 Å². The number of alkyl carbamates (subject to hydrolysis) is 1. The monoisotopic (exact) mass is 387 g/mol. The molecular formula is C19H25N5O4.